The summed E-state index contributed by atoms with van der Waals surface area (Å²) in [4.78, 5) is 9.81. The lowest BCUT2D eigenvalue weighted by Crippen LogP contribution is -1.83. The van der Waals surface area contributed by atoms with Crippen LogP contribution in [0.15, 0.2) is 33.2 Å². The molecule has 3 aromatic heterocycles. The molecule has 6 nitrogen and oxygen atoms in total. The molecule has 0 bridgehead atoms. The number of methoxy groups -OCH3 is 1. The lowest BCUT2D eigenvalue weighted by atomic mass is 10.3. The monoisotopic (exact) mass is 318 g/mol. The highest BCUT2D eigenvalue weighted by atomic mass is 32.2. The maximum absolute atomic E-state index is 5.76. The van der Waals surface area contributed by atoms with Crippen molar-refractivity contribution in [1.82, 2.24) is 19.6 Å². The molecule has 4 rings (SSSR count). The Morgan fingerprint density at radius 2 is 2.24 bits per heavy atom. The highest BCUT2D eigenvalue weighted by Crippen LogP contribution is 2.31. The maximum atomic E-state index is 5.76. The van der Waals surface area contributed by atoms with Crippen LogP contribution in [0, 0.1) is 0 Å². The summed E-state index contributed by atoms with van der Waals surface area (Å²) in [5, 5.41) is 4.41. The van der Waals surface area contributed by atoms with Gasteiger partial charge in [-0.25, -0.2) is 14.5 Å². The number of nitrogens with zero attached hydrogens (tertiary/aromatic N) is 4. The summed E-state index contributed by atoms with van der Waals surface area (Å²) in [6, 6.07) is 5.58. The van der Waals surface area contributed by atoms with Gasteiger partial charge in [0.1, 0.15) is 11.4 Å². The zero-order valence-electron chi connectivity index (χ0n) is 11.2. The van der Waals surface area contributed by atoms with Crippen molar-refractivity contribution in [1.29, 1.82) is 0 Å². The van der Waals surface area contributed by atoms with Crippen LogP contribution in [-0.2, 0) is 0 Å². The van der Waals surface area contributed by atoms with Crippen LogP contribution in [0.1, 0.15) is 0 Å². The quantitative estimate of drug-likeness (QED) is 0.540. The van der Waals surface area contributed by atoms with E-state index in [0.717, 1.165) is 9.30 Å². The zero-order chi connectivity index (χ0) is 14.4. The average Bonchev–Trinajstić information content (AvgIpc) is 3.17. The number of fused-ring (bicyclic) bond motifs is 2. The Balaban J connectivity index is 1.85. The fraction of sp³-hybridized carbons (Fsp3) is 0.154. The standard InChI is InChI=1S/C13H10N4O2S2/c1-18-8-4-3-5-9-10(8)15-11(19-9)7-6-17-12(14-7)21-13(16-17)20-2/h3-6H,1-2H3. The molecule has 0 saturated carbocycles. The van der Waals surface area contributed by atoms with Crippen LogP contribution in [0.4, 0.5) is 0 Å². The predicted octanol–water partition coefficient (Wildman–Crippen LogP) is 3.33. The molecule has 0 unspecified atom stereocenters. The van der Waals surface area contributed by atoms with Crippen molar-refractivity contribution in [3.63, 3.8) is 0 Å². The first kappa shape index (κ1) is 12.7. The van der Waals surface area contributed by atoms with Crippen molar-refractivity contribution >= 4 is 39.2 Å². The Morgan fingerprint density at radius 3 is 3.00 bits per heavy atom. The van der Waals surface area contributed by atoms with E-state index in [-0.39, 0.29) is 0 Å². The summed E-state index contributed by atoms with van der Waals surface area (Å²) in [6.07, 6.45) is 3.81. The number of thioether (sulfide) groups is 1. The molecule has 0 aliphatic rings. The molecule has 0 aliphatic carbocycles. The van der Waals surface area contributed by atoms with Gasteiger partial charge < -0.3 is 9.15 Å². The van der Waals surface area contributed by atoms with Gasteiger partial charge in [-0.2, -0.15) is 0 Å². The van der Waals surface area contributed by atoms with Crippen LogP contribution < -0.4 is 4.74 Å². The number of hydrogen-bond acceptors (Lipinski definition) is 7. The number of aromatic nitrogens is 4. The number of rotatable bonds is 3. The molecule has 8 heteroatoms. The van der Waals surface area contributed by atoms with E-state index in [1.54, 1.807) is 23.4 Å². The molecule has 0 atom stereocenters. The van der Waals surface area contributed by atoms with E-state index in [0.29, 0.717) is 28.4 Å². The molecule has 0 radical (unpaired) electrons. The van der Waals surface area contributed by atoms with Crippen LogP contribution >= 0.6 is 23.1 Å². The van der Waals surface area contributed by atoms with E-state index < -0.39 is 0 Å². The van der Waals surface area contributed by atoms with Crippen LogP contribution in [0.2, 0.25) is 0 Å². The molecule has 0 saturated heterocycles. The average molecular weight is 318 g/mol. The third kappa shape index (κ3) is 1.98. The Labute approximate surface area is 127 Å². The molecule has 0 N–H and O–H groups in total. The van der Waals surface area contributed by atoms with Crippen LogP contribution in [0.3, 0.4) is 0 Å². The topological polar surface area (TPSA) is 65.5 Å². The smallest absolute Gasteiger partial charge is 0.248 e. The molecular weight excluding hydrogens is 308 g/mol. The van der Waals surface area contributed by atoms with E-state index in [1.807, 2.05) is 30.7 Å². The minimum Gasteiger partial charge on any atom is -0.494 e. The molecule has 0 amide bonds. The number of imidazole rings is 1. The van der Waals surface area contributed by atoms with Gasteiger partial charge in [0.2, 0.25) is 10.9 Å². The van der Waals surface area contributed by atoms with Crippen molar-refractivity contribution in [3.05, 3.63) is 24.4 Å². The number of benzene rings is 1. The molecule has 0 fully saturated rings. The molecular formula is C13H10N4O2S2. The van der Waals surface area contributed by atoms with Gasteiger partial charge in [0.25, 0.3) is 0 Å². The molecule has 4 aromatic rings. The fourth-order valence-corrected chi connectivity index (χ4v) is 3.41. The molecule has 0 aliphatic heterocycles. The minimum atomic E-state index is 0.470. The number of oxazole rings is 1. The molecule has 1 aromatic carbocycles. The second kappa shape index (κ2) is 4.74. The molecule has 21 heavy (non-hydrogen) atoms. The number of ether oxygens (including phenoxy) is 1. The molecule has 106 valence electrons. The summed E-state index contributed by atoms with van der Waals surface area (Å²) in [6.45, 7) is 0. The van der Waals surface area contributed by atoms with Crippen molar-refractivity contribution in [3.8, 4) is 17.3 Å². The number of hydrogen-bond donors (Lipinski definition) is 0. The van der Waals surface area contributed by atoms with Crippen LogP contribution in [-0.4, -0.2) is 32.9 Å². The first-order chi connectivity index (χ1) is 10.3. The van der Waals surface area contributed by atoms with Crippen molar-refractivity contribution in [2.45, 2.75) is 4.34 Å². The van der Waals surface area contributed by atoms with Crippen molar-refractivity contribution < 1.29 is 9.15 Å². The Kier molecular flexibility index (Phi) is 2.86. The second-order valence-electron chi connectivity index (χ2n) is 4.25. The van der Waals surface area contributed by atoms with E-state index in [9.17, 15) is 0 Å². The van der Waals surface area contributed by atoms with Crippen molar-refractivity contribution in [2.24, 2.45) is 0 Å². The van der Waals surface area contributed by atoms with Gasteiger partial charge in [0, 0.05) is 0 Å². The Hall–Kier alpha value is -2.06. The summed E-state index contributed by atoms with van der Waals surface area (Å²) >= 11 is 3.14. The lowest BCUT2D eigenvalue weighted by molar-refractivity contribution is 0.419. The highest BCUT2D eigenvalue weighted by molar-refractivity contribution is 8.00. The Morgan fingerprint density at radius 1 is 1.33 bits per heavy atom. The summed E-state index contributed by atoms with van der Waals surface area (Å²) in [5.74, 6) is 1.16. The second-order valence-corrected chi connectivity index (χ2v) is 6.26. The third-order valence-corrected chi connectivity index (χ3v) is 4.92. The first-order valence-corrected chi connectivity index (χ1v) is 8.17. The molecule has 0 spiro atoms. The van der Waals surface area contributed by atoms with Gasteiger partial charge in [0.15, 0.2) is 15.4 Å². The Bertz CT molecular complexity index is 909. The lowest BCUT2D eigenvalue weighted by Gasteiger charge is -1.96. The third-order valence-electron chi connectivity index (χ3n) is 3.02. The van der Waals surface area contributed by atoms with Crippen LogP contribution in [0.25, 0.3) is 27.6 Å². The highest BCUT2D eigenvalue weighted by Gasteiger charge is 2.16. The van der Waals surface area contributed by atoms with Gasteiger partial charge in [-0.05, 0) is 18.4 Å². The van der Waals surface area contributed by atoms with E-state index >= 15 is 0 Å². The number of para-hydroxylation sites is 1. The SMILES string of the molecule is COc1cccc2oc(-c3cn4nc(SC)sc4n3)nc12. The van der Waals surface area contributed by atoms with Crippen molar-refractivity contribution in [2.75, 3.05) is 13.4 Å². The largest absolute Gasteiger partial charge is 0.494 e. The summed E-state index contributed by atoms with van der Waals surface area (Å²) in [5.41, 5.74) is 2.04. The van der Waals surface area contributed by atoms with Gasteiger partial charge in [-0.15, -0.1) is 5.10 Å². The van der Waals surface area contributed by atoms with Gasteiger partial charge in [0.05, 0.1) is 13.3 Å². The van der Waals surface area contributed by atoms with E-state index in [2.05, 4.69) is 15.1 Å². The van der Waals surface area contributed by atoms with Gasteiger partial charge in [-0.3, -0.25) is 0 Å². The van der Waals surface area contributed by atoms with Gasteiger partial charge >= 0.3 is 0 Å². The summed E-state index contributed by atoms with van der Waals surface area (Å²) < 4.78 is 13.8. The normalized spacial score (nSPS) is 11.5. The summed E-state index contributed by atoms with van der Waals surface area (Å²) in [7, 11) is 1.61. The van der Waals surface area contributed by atoms with Crippen LogP contribution in [0.5, 0.6) is 5.75 Å². The minimum absolute atomic E-state index is 0.470. The fourth-order valence-electron chi connectivity index (χ4n) is 2.06. The van der Waals surface area contributed by atoms with Gasteiger partial charge in [-0.1, -0.05) is 29.2 Å². The zero-order valence-corrected chi connectivity index (χ0v) is 12.9. The molecule has 3 heterocycles. The van der Waals surface area contributed by atoms with E-state index in [1.165, 1.54) is 11.3 Å². The first-order valence-electron chi connectivity index (χ1n) is 6.12. The maximum Gasteiger partial charge on any atom is 0.248 e. The predicted molar refractivity (Wildman–Crippen MR) is 82.2 cm³/mol. The van der Waals surface area contributed by atoms with E-state index in [4.69, 9.17) is 9.15 Å².